The van der Waals surface area contributed by atoms with E-state index in [1.54, 1.807) is 18.0 Å². The molecule has 8 nitrogen and oxygen atoms in total. The zero-order valence-corrected chi connectivity index (χ0v) is 23.4. The zero-order chi connectivity index (χ0) is 27.5. The van der Waals surface area contributed by atoms with Crippen LogP contribution >= 0.6 is 0 Å². The minimum atomic E-state index is -0.472. The third kappa shape index (κ3) is 6.03. The summed E-state index contributed by atoms with van der Waals surface area (Å²) in [5.41, 5.74) is 12.8. The summed E-state index contributed by atoms with van der Waals surface area (Å²) in [7, 11) is 3.76. The maximum atomic E-state index is 13.2. The second-order valence-electron chi connectivity index (χ2n) is 11.4. The number of piperidine rings is 1. The molecule has 3 aliphatic rings. The van der Waals surface area contributed by atoms with Gasteiger partial charge in [-0.1, -0.05) is 30.3 Å². The molecule has 0 aliphatic carbocycles. The molecule has 3 heterocycles. The van der Waals surface area contributed by atoms with Crippen LogP contribution < -0.4 is 11.1 Å². The Morgan fingerprint density at radius 3 is 2.59 bits per heavy atom. The average Bonchev–Trinajstić information content (AvgIpc) is 3.25. The average molecular weight is 531 g/mol. The summed E-state index contributed by atoms with van der Waals surface area (Å²) in [6.07, 6.45) is 5.26. The molecule has 208 valence electrons. The van der Waals surface area contributed by atoms with Crippen LogP contribution in [0.5, 0.6) is 0 Å². The number of hydrogen-bond donors (Lipinski definition) is 2. The van der Waals surface area contributed by atoms with Crippen LogP contribution in [0.25, 0.3) is 0 Å². The lowest BCUT2D eigenvalue weighted by Gasteiger charge is -2.40. The number of allylic oxidation sites excluding steroid dienone is 1. The maximum absolute atomic E-state index is 13.2. The summed E-state index contributed by atoms with van der Waals surface area (Å²) in [5, 5.41) is 2.72. The molecule has 0 radical (unpaired) electrons. The second kappa shape index (κ2) is 11.9. The number of nitrogens with one attached hydrogen (secondary N) is 1. The van der Waals surface area contributed by atoms with Gasteiger partial charge >= 0.3 is 0 Å². The molecule has 0 aromatic heterocycles. The molecule has 2 aromatic carbocycles. The number of amides is 2. The van der Waals surface area contributed by atoms with E-state index in [4.69, 9.17) is 5.73 Å². The predicted molar refractivity (Wildman–Crippen MR) is 155 cm³/mol. The summed E-state index contributed by atoms with van der Waals surface area (Å²) < 4.78 is 0. The molecular weight excluding hydrogens is 488 g/mol. The predicted octanol–water partition coefficient (Wildman–Crippen LogP) is 3.35. The van der Waals surface area contributed by atoms with E-state index in [-0.39, 0.29) is 11.8 Å². The SMILES string of the molecule is C=CCCC(C(=O)NC)N1Cc2cc(C3CCN(Cc4ccc(N)c(CN5CN(C)C5)c4)CC3)ccc2C1=O. The first-order valence-corrected chi connectivity index (χ1v) is 14.1. The van der Waals surface area contributed by atoms with E-state index in [1.807, 2.05) is 6.07 Å². The molecule has 8 heteroatoms. The highest BCUT2D eigenvalue weighted by atomic mass is 16.2. The fraction of sp³-hybridized carbons (Fsp3) is 0.484. The highest BCUT2D eigenvalue weighted by molar-refractivity contribution is 6.01. The number of carbonyl (C=O) groups excluding carboxylic acids is 2. The first-order valence-electron chi connectivity index (χ1n) is 14.1. The molecule has 1 atom stereocenters. The van der Waals surface area contributed by atoms with Crippen molar-refractivity contribution >= 4 is 17.5 Å². The van der Waals surface area contributed by atoms with Crippen molar-refractivity contribution in [2.24, 2.45) is 0 Å². The molecule has 39 heavy (non-hydrogen) atoms. The van der Waals surface area contributed by atoms with Crippen molar-refractivity contribution < 1.29 is 9.59 Å². The third-order valence-corrected chi connectivity index (χ3v) is 8.48. The Balaban J connectivity index is 1.18. The monoisotopic (exact) mass is 530 g/mol. The summed E-state index contributed by atoms with van der Waals surface area (Å²) in [5.74, 6) is 0.316. The van der Waals surface area contributed by atoms with Gasteiger partial charge in [0.25, 0.3) is 5.91 Å². The van der Waals surface area contributed by atoms with E-state index in [2.05, 4.69) is 64.0 Å². The smallest absolute Gasteiger partial charge is 0.255 e. The van der Waals surface area contributed by atoms with Crippen LogP contribution in [0.4, 0.5) is 5.69 Å². The van der Waals surface area contributed by atoms with E-state index in [9.17, 15) is 9.59 Å². The molecule has 2 fully saturated rings. The highest BCUT2D eigenvalue weighted by Crippen LogP contribution is 2.34. The van der Waals surface area contributed by atoms with E-state index < -0.39 is 6.04 Å². The van der Waals surface area contributed by atoms with Gasteiger partial charge in [0, 0.05) is 37.9 Å². The van der Waals surface area contributed by atoms with E-state index in [0.717, 1.165) is 69.2 Å². The Morgan fingerprint density at radius 2 is 1.90 bits per heavy atom. The lowest BCUT2D eigenvalue weighted by molar-refractivity contribution is -0.125. The standard InChI is InChI=1S/C31H42N6O2/c1-4-5-6-29(30(38)33-2)37-19-25-16-24(8-9-27(25)31(37)39)23-11-13-35(14-12-23)17-22-7-10-28(32)26(15-22)18-36-20-34(3)21-36/h4,7-10,15-16,23,29H,1,5-6,11-14,17-21,32H2,2-3H3,(H,33,38). The van der Waals surface area contributed by atoms with Gasteiger partial charge in [0.2, 0.25) is 5.91 Å². The minimum Gasteiger partial charge on any atom is -0.398 e. The maximum Gasteiger partial charge on any atom is 0.255 e. The lowest BCUT2D eigenvalue weighted by Crippen LogP contribution is -2.52. The van der Waals surface area contributed by atoms with E-state index in [1.165, 1.54) is 16.7 Å². The molecule has 5 rings (SSSR count). The van der Waals surface area contributed by atoms with Crippen molar-refractivity contribution in [3.63, 3.8) is 0 Å². The highest BCUT2D eigenvalue weighted by Gasteiger charge is 2.36. The van der Waals surface area contributed by atoms with Gasteiger partial charge < -0.3 is 16.0 Å². The van der Waals surface area contributed by atoms with Crippen molar-refractivity contribution in [1.29, 1.82) is 0 Å². The molecule has 0 spiro atoms. The number of nitrogens with zero attached hydrogens (tertiary/aromatic N) is 4. The van der Waals surface area contributed by atoms with E-state index >= 15 is 0 Å². The van der Waals surface area contributed by atoms with Crippen LogP contribution in [0.2, 0.25) is 0 Å². The quantitative estimate of drug-likeness (QED) is 0.362. The van der Waals surface area contributed by atoms with Gasteiger partial charge in [-0.05, 0) is 86.1 Å². The first kappa shape index (κ1) is 27.4. The van der Waals surface area contributed by atoms with Crippen molar-refractivity contribution in [3.8, 4) is 0 Å². The van der Waals surface area contributed by atoms with Crippen molar-refractivity contribution in [3.05, 3.63) is 76.9 Å². The molecule has 2 saturated heterocycles. The Kier molecular flexibility index (Phi) is 8.35. The van der Waals surface area contributed by atoms with Crippen LogP contribution in [-0.4, -0.2) is 78.0 Å². The summed E-state index contributed by atoms with van der Waals surface area (Å²) >= 11 is 0. The fourth-order valence-corrected chi connectivity index (χ4v) is 6.30. The second-order valence-corrected chi connectivity index (χ2v) is 11.4. The van der Waals surface area contributed by atoms with Crippen molar-refractivity contribution in [2.75, 3.05) is 46.3 Å². The van der Waals surface area contributed by atoms with Crippen LogP contribution in [0, 0.1) is 0 Å². The zero-order valence-electron chi connectivity index (χ0n) is 23.4. The molecule has 0 saturated carbocycles. The number of nitrogens with two attached hydrogens (primary N) is 1. The molecule has 3 N–H and O–H groups in total. The molecule has 2 aromatic rings. The topological polar surface area (TPSA) is 85.2 Å². The normalized spacial score (nSPS) is 19.5. The van der Waals surface area contributed by atoms with Crippen molar-refractivity contribution in [1.82, 2.24) is 24.9 Å². The number of anilines is 1. The Labute approximate surface area is 232 Å². The largest absolute Gasteiger partial charge is 0.398 e. The van der Waals surface area contributed by atoms with Crippen LogP contribution in [-0.2, 0) is 24.4 Å². The Hall–Kier alpha value is -3.20. The minimum absolute atomic E-state index is 0.0481. The lowest BCUT2D eigenvalue weighted by atomic mass is 9.87. The summed E-state index contributed by atoms with van der Waals surface area (Å²) in [6, 6.07) is 12.3. The number of likely N-dealkylation sites (N-methyl/N-ethyl adjacent to an activating group) is 1. The molecule has 1 unspecified atom stereocenters. The molecular formula is C31H42N6O2. The number of hydrogen-bond acceptors (Lipinski definition) is 6. The molecule has 3 aliphatic heterocycles. The fourth-order valence-electron chi connectivity index (χ4n) is 6.30. The van der Waals surface area contributed by atoms with Crippen LogP contribution in [0.15, 0.2) is 49.1 Å². The molecule has 0 bridgehead atoms. The number of rotatable bonds is 10. The number of likely N-dealkylation sites (tertiary alicyclic amines) is 1. The first-order chi connectivity index (χ1) is 18.9. The Morgan fingerprint density at radius 1 is 1.13 bits per heavy atom. The van der Waals surface area contributed by atoms with E-state index in [0.29, 0.717) is 25.3 Å². The van der Waals surface area contributed by atoms with Gasteiger partial charge in [-0.15, -0.1) is 6.58 Å². The van der Waals surface area contributed by atoms with Crippen molar-refractivity contribution in [2.45, 2.75) is 57.3 Å². The van der Waals surface area contributed by atoms with Crippen LogP contribution in [0.1, 0.15) is 64.2 Å². The number of carbonyl (C=O) groups is 2. The van der Waals surface area contributed by atoms with Crippen LogP contribution in [0.3, 0.4) is 0 Å². The number of nitrogen functional groups attached to an aromatic ring is 1. The number of benzene rings is 2. The van der Waals surface area contributed by atoms with Gasteiger partial charge in [-0.25, -0.2) is 0 Å². The molecule has 2 amide bonds. The summed E-state index contributed by atoms with van der Waals surface area (Å²) in [6.45, 7) is 10.2. The Bertz CT molecular complexity index is 1220. The number of fused-ring (bicyclic) bond motifs is 1. The van der Waals surface area contributed by atoms with Gasteiger partial charge in [0.1, 0.15) is 6.04 Å². The van der Waals surface area contributed by atoms with Gasteiger partial charge in [-0.3, -0.25) is 24.3 Å². The van der Waals surface area contributed by atoms with Gasteiger partial charge in [0.15, 0.2) is 0 Å². The third-order valence-electron chi connectivity index (χ3n) is 8.48. The summed E-state index contributed by atoms with van der Waals surface area (Å²) in [4.78, 5) is 34.6. The van der Waals surface area contributed by atoms with Gasteiger partial charge in [-0.2, -0.15) is 0 Å². The van der Waals surface area contributed by atoms with Gasteiger partial charge in [0.05, 0.1) is 13.3 Å².